The van der Waals surface area contributed by atoms with Gasteiger partial charge < -0.3 is 5.11 Å². The number of rotatable bonds is 1. The highest BCUT2D eigenvalue weighted by Crippen LogP contribution is 2.21. The van der Waals surface area contributed by atoms with Gasteiger partial charge in [0.05, 0.1) is 0 Å². The largest absolute Gasteiger partial charge is 0.377 e. The molecule has 0 bridgehead atoms. The zero-order valence-corrected chi connectivity index (χ0v) is 7.43. The van der Waals surface area contributed by atoms with Crippen molar-refractivity contribution in [1.29, 1.82) is 0 Å². The number of alkyl halides is 1. The van der Waals surface area contributed by atoms with Gasteiger partial charge in [-0.2, -0.15) is 0 Å². The van der Waals surface area contributed by atoms with Crippen molar-refractivity contribution in [3.8, 4) is 0 Å². The van der Waals surface area contributed by atoms with Crippen molar-refractivity contribution in [2.75, 3.05) is 0 Å². The smallest absolute Gasteiger partial charge is 0.134 e. The molecule has 0 saturated carbocycles. The molecule has 1 atom stereocenters. The average Bonchev–Trinajstić information content (AvgIpc) is 1.88. The molecule has 1 rings (SSSR count). The molecule has 0 aliphatic rings. The lowest BCUT2D eigenvalue weighted by molar-refractivity contribution is 0.277. The molecule has 10 heavy (non-hydrogen) atoms. The second-order valence-corrected chi connectivity index (χ2v) is 3.19. The summed E-state index contributed by atoms with van der Waals surface area (Å²) in [5, 5.41) is 9.02. The lowest BCUT2D eigenvalue weighted by Gasteiger charge is -2.01. The Balaban J connectivity index is 2.96. The molecule has 3 heteroatoms. The molecular weight excluding hydrogens is 215 g/mol. The fourth-order valence-corrected chi connectivity index (χ4v) is 1.14. The van der Waals surface area contributed by atoms with Crippen molar-refractivity contribution < 1.29 is 5.11 Å². The maximum absolute atomic E-state index is 9.01. The molecule has 0 amide bonds. The van der Waals surface area contributed by atoms with Crippen LogP contribution in [0.25, 0.3) is 0 Å². The lowest BCUT2D eigenvalue weighted by atomic mass is 10.2. The molecule has 1 unspecified atom stereocenters. The summed E-state index contributed by atoms with van der Waals surface area (Å²) in [5.41, 5.74) is 0.771. The quantitative estimate of drug-likeness (QED) is 0.723. The van der Waals surface area contributed by atoms with Crippen LogP contribution >= 0.6 is 27.5 Å². The Morgan fingerprint density at radius 1 is 1.50 bits per heavy atom. The molecule has 0 spiro atoms. The summed E-state index contributed by atoms with van der Waals surface area (Å²) in [4.78, 5) is 0. The molecule has 1 N–H and O–H groups in total. The molecule has 0 aliphatic heterocycles. The van der Waals surface area contributed by atoms with Crippen molar-refractivity contribution >= 4 is 27.5 Å². The maximum Gasteiger partial charge on any atom is 0.134 e. The fourth-order valence-electron chi connectivity index (χ4n) is 0.655. The number of aliphatic hydroxyl groups excluding tert-OH is 1. The number of aliphatic hydroxyl groups is 1. The lowest BCUT2D eigenvalue weighted by Crippen LogP contribution is -1.84. The van der Waals surface area contributed by atoms with E-state index in [4.69, 9.17) is 16.7 Å². The normalized spacial score (nSPS) is 13.1. The topological polar surface area (TPSA) is 20.2 Å². The third-order valence-electron chi connectivity index (χ3n) is 1.12. The molecule has 0 radical (unpaired) electrons. The predicted molar refractivity (Wildman–Crippen MR) is 45.3 cm³/mol. The van der Waals surface area contributed by atoms with Gasteiger partial charge in [0.15, 0.2) is 0 Å². The standard InChI is InChI=1S/C7H6BrClO/c8-7(10)5-2-1-3-6(9)4-5/h1-4,7,10H. The predicted octanol–water partition coefficient (Wildman–Crippen LogP) is 2.73. The Hall–Kier alpha value is -0.0500. The zero-order valence-electron chi connectivity index (χ0n) is 5.09. The summed E-state index contributed by atoms with van der Waals surface area (Å²) in [5.74, 6) is 0. The molecule has 0 aromatic heterocycles. The van der Waals surface area contributed by atoms with Gasteiger partial charge in [-0.3, -0.25) is 0 Å². The monoisotopic (exact) mass is 220 g/mol. The van der Waals surface area contributed by atoms with E-state index in [1.807, 2.05) is 0 Å². The van der Waals surface area contributed by atoms with Crippen LogP contribution in [0.1, 0.15) is 10.6 Å². The number of hydrogen-bond donors (Lipinski definition) is 1. The van der Waals surface area contributed by atoms with E-state index in [9.17, 15) is 0 Å². The van der Waals surface area contributed by atoms with Gasteiger partial charge in [0.2, 0.25) is 0 Å². The molecule has 1 aromatic carbocycles. The van der Waals surface area contributed by atoms with E-state index in [1.165, 1.54) is 0 Å². The van der Waals surface area contributed by atoms with E-state index in [-0.39, 0.29) is 0 Å². The Morgan fingerprint density at radius 2 is 2.20 bits per heavy atom. The van der Waals surface area contributed by atoms with Crippen molar-refractivity contribution in [2.45, 2.75) is 5.01 Å². The third-order valence-corrected chi connectivity index (χ3v) is 1.89. The molecular formula is C7H6BrClO. The highest BCUT2D eigenvalue weighted by molar-refractivity contribution is 9.09. The Labute approximate surface area is 72.8 Å². The van der Waals surface area contributed by atoms with Gasteiger partial charge in [-0.1, -0.05) is 39.7 Å². The minimum Gasteiger partial charge on any atom is -0.377 e. The Kier molecular flexibility index (Phi) is 2.72. The molecule has 54 valence electrons. The molecule has 1 aromatic rings. The number of benzene rings is 1. The first-order valence-electron chi connectivity index (χ1n) is 2.78. The zero-order chi connectivity index (χ0) is 7.56. The van der Waals surface area contributed by atoms with Crippen LogP contribution in [0.3, 0.4) is 0 Å². The van der Waals surface area contributed by atoms with E-state index >= 15 is 0 Å². The van der Waals surface area contributed by atoms with Gasteiger partial charge in [-0.25, -0.2) is 0 Å². The van der Waals surface area contributed by atoms with Crippen LogP contribution < -0.4 is 0 Å². The molecule has 1 nitrogen and oxygen atoms in total. The van der Waals surface area contributed by atoms with E-state index in [2.05, 4.69) is 15.9 Å². The molecule has 0 heterocycles. The summed E-state index contributed by atoms with van der Waals surface area (Å²) < 4.78 is 0. The summed E-state index contributed by atoms with van der Waals surface area (Å²) in [6, 6.07) is 7.06. The van der Waals surface area contributed by atoms with Gasteiger partial charge in [0.25, 0.3) is 0 Å². The van der Waals surface area contributed by atoms with Gasteiger partial charge in [-0.15, -0.1) is 0 Å². The minimum absolute atomic E-state index is 0.619. The highest BCUT2D eigenvalue weighted by atomic mass is 79.9. The van der Waals surface area contributed by atoms with Crippen LogP contribution in [0.4, 0.5) is 0 Å². The molecule has 0 fully saturated rings. The van der Waals surface area contributed by atoms with Crippen LogP contribution in [-0.2, 0) is 0 Å². The van der Waals surface area contributed by atoms with E-state index in [0.717, 1.165) is 5.56 Å². The van der Waals surface area contributed by atoms with Crippen LogP contribution in [0, 0.1) is 0 Å². The van der Waals surface area contributed by atoms with Crippen LogP contribution in [0.15, 0.2) is 24.3 Å². The maximum atomic E-state index is 9.01. The van der Waals surface area contributed by atoms with Gasteiger partial charge in [0, 0.05) is 5.02 Å². The fraction of sp³-hybridized carbons (Fsp3) is 0.143. The summed E-state index contributed by atoms with van der Waals surface area (Å²) in [6.07, 6.45) is 0. The van der Waals surface area contributed by atoms with E-state index in [1.54, 1.807) is 24.3 Å². The van der Waals surface area contributed by atoms with Gasteiger partial charge in [0.1, 0.15) is 5.01 Å². The highest BCUT2D eigenvalue weighted by Gasteiger charge is 2.00. The summed E-state index contributed by atoms with van der Waals surface area (Å²) in [7, 11) is 0. The minimum atomic E-state index is -0.619. The van der Waals surface area contributed by atoms with Gasteiger partial charge in [-0.05, 0) is 17.7 Å². The SMILES string of the molecule is OC(Br)c1cccc(Cl)c1. The second-order valence-electron chi connectivity index (χ2n) is 1.89. The van der Waals surface area contributed by atoms with Gasteiger partial charge >= 0.3 is 0 Å². The number of hydrogen-bond acceptors (Lipinski definition) is 1. The van der Waals surface area contributed by atoms with Crippen LogP contribution in [0.2, 0.25) is 5.02 Å². The Morgan fingerprint density at radius 3 is 2.60 bits per heavy atom. The first-order valence-corrected chi connectivity index (χ1v) is 4.07. The van der Waals surface area contributed by atoms with Crippen molar-refractivity contribution in [3.05, 3.63) is 34.9 Å². The van der Waals surface area contributed by atoms with Crippen LogP contribution in [0.5, 0.6) is 0 Å². The van der Waals surface area contributed by atoms with E-state index in [0.29, 0.717) is 5.02 Å². The summed E-state index contributed by atoms with van der Waals surface area (Å²) in [6.45, 7) is 0. The molecule has 0 saturated heterocycles. The van der Waals surface area contributed by atoms with Crippen LogP contribution in [-0.4, -0.2) is 5.11 Å². The van der Waals surface area contributed by atoms with Crippen molar-refractivity contribution in [2.24, 2.45) is 0 Å². The first-order chi connectivity index (χ1) is 4.70. The average molecular weight is 221 g/mol. The second kappa shape index (κ2) is 3.37. The number of halogens is 2. The molecule has 0 aliphatic carbocycles. The van der Waals surface area contributed by atoms with Crippen molar-refractivity contribution in [1.82, 2.24) is 0 Å². The summed E-state index contributed by atoms with van der Waals surface area (Å²) >= 11 is 8.67. The van der Waals surface area contributed by atoms with E-state index < -0.39 is 5.01 Å². The first kappa shape index (κ1) is 8.05. The van der Waals surface area contributed by atoms with Crippen molar-refractivity contribution in [3.63, 3.8) is 0 Å². The Bertz CT molecular complexity index is 225. The third kappa shape index (κ3) is 1.97.